The van der Waals surface area contributed by atoms with Crippen LogP contribution in [0.1, 0.15) is 28.4 Å². The standard InChI is InChI=1S/C17H14N4O2S2/c1-2-13-20-21-17(25-13)14-15(22)12(24-16(14)19)9-10-3-5-11(6-4-10)23-8-7-18/h3-6,9,14,19H,2,8H2,1H3/b12-9-,19-16?/t14-/m0/s1. The Bertz CT molecular complexity index is 881. The molecule has 126 valence electrons. The molecule has 0 spiro atoms. The first-order valence-corrected chi connectivity index (χ1v) is 9.20. The van der Waals surface area contributed by atoms with Crippen molar-refractivity contribution < 1.29 is 9.53 Å². The van der Waals surface area contributed by atoms with Crippen molar-refractivity contribution in [1.29, 1.82) is 10.7 Å². The Kier molecular flexibility index (Phi) is 5.26. The number of hydrogen-bond donors (Lipinski definition) is 1. The minimum atomic E-state index is -0.632. The van der Waals surface area contributed by atoms with Crippen molar-refractivity contribution in [3.63, 3.8) is 0 Å². The summed E-state index contributed by atoms with van der Waals surface area (Å²) in [5.74, 6) is -0.147. The molecule has 0 radical (unpaired) electrons. The quantitative estimate of drug-likeness (QED) is 0.810. The molecule has 25 heavy (non-hydrogen) atoms. The van der Waals surface area contributed by atoms with Crippen LogP contribution < -0.4 is 4.74 Å². The van der Waals surface area contributed by atoms with Crippen LogP contribution >= 0.6 is 23.1 Å². The zero-order chi connectivity index (χ0) is 17.8. The highest BCUT2D eigenvalue weighted by molar-refractivity contribution is 8.19. The summed E-state index contributed by atoms with van der Waals surface area (Å²) in [5, 5.41) is 26.5. The Morgan fingerprint density at radius 2 is 2.12 bits per heavy atom. The fraction of sp³-hybridized carbons (Fsp3) is 0.235. The van der Waals surface area contributed by atoms with Gasteiger partial charge in [-0.25, -0.2) is 0 Å². The number of ether oxygens (including phenoxy) is 1. The molecule has 1 saturated heterocycles. The minimum absolute atomic E-state index is 0.00475. The monoisotopic (exact) mass is 370 g/mol. The molecule has 8 heteroatoms. The number of ketones is 1. The molecule has 2 heterocycles. The second-order valence-electron chi connectivity index (χ2n) is 5.18. The lowest BCUT2D eigenvalue weighted by Gasteiger charge is -2.02. The molecule has 3 rings (SSSR count). The summed E-state index contributed by atoms with van der Waals surface area (Å²) in [7, 11) is 0. The van der Waals surface area contributed by atoms with Gasteiger partial charge in [0.05, 0.1) is 9.95 Å². The van der Waals surface area contributed by atoms with Crippen LogP contribution in [0.4, 0.5) is 0 Å². The molecular formula is C17H14N4O2S2. The Balaban J connectivity index is 1.79. The van der Waals surface area contributed by atoms with Gasteiger partial charge in [-0.15, -0.1) is 21.5 Å². The zero-order valence-corrected chi connectivity index (χ0v) is 15.0. The maximum absolute atomic E-state index is 12.7. The second-order valence-corrected chi connectivity index (χ2v) is 7.35. The normalized spacial score (nSPS) is 18.6. The smallest absolute Gasteiger partial charge is 0.186 e. The summed E-state index contributed by atoms with van der Waals surface area (Å²) in [4.78, 5) is 13.2. The van der Waals surface area contributed by atoms with E-state index < -0.39 is 5.92 Å². The van der Waals surface area contributed by atoms with Gasteiger partial charge >= 0.3 is 0 Å². The molecule has 1 fully saturated rings. The lowest BCUT2D eigenvalue weighted by Crippen LogP contribution is -2.11. The molecule has 6 nitrogen and oxygen atoms in total. The van der Waals surface area contributed by atoms with Crippen molar-refractivity contribution in [3.05, 3.63) is 44.7 Å². The number of hydrogen-bond acceptors (Lipinski definition) is 8. The number of carbonyl (C=O) groups is 1. The van der Waals surface area contributed by atoms with Crippen LogP contribution in [0, 0.1) is 16.7 Å². The molecule has 1 aliphatic rings. The first-order valence-electron chi connectivity index (χ1n) is 7.56. The summed E-state index contributed by atoms with van der Waals surface area (Å²) in [5.41, 5.74) is 0.833. The predicted octanol–water partition coefficient (Wildman–Crippen LogP) is 3.42. The SMILES string of the molecule is CCc1nnc([C@@H]2C(=N)S/C(=C\c3ccc(OCC#N)cc3)C2=O)s1. The molecule has 0 amide bonds. The Morgan fingerprint density at radius 1 is 1.36 bits per heavy atom. The number of aryl methyl sites for hydroxylation is 1. The second kappa shape index (κ2) is 7.59. The van der Waals surface area contributed by atoms with Gasteiger partial charge in [-0.05, 0) is 30.2 Å². The molecule has 1 aromatic heterocycles. The van der Waals surface area contributed by atoms with Crippen molar-refractivity contribution in [1.82, 2.24) is 10.2 Å². The fourth-order valence-electron chi connectivity index (χ4n) is 2.27. The van der Waals surface area contributed by atoms with Crippen molar-refractivity contribution in [3.8, 4) is 11.8 Å². The minimum Gasteiger partial charge on any atom is -0.479 e. The Hall–Kier alpha value is -2.50. The van der Waals surface area contributed by atoms with Crippen molar-refractivity contribution in [2.24, 2.45) is 0 Å². The molecule has 1 aromatic carbocycles. The summed E-state index contributed by atoms with van der Waals surface area (Å²) < 4.78 is 5.20. The van der Waals surface area contributed by atoms with E-state index in [4.69, 9.17) is 15.4 Å². The Labute approximate surface area is 153 Å². The van der Waals surface area contributed by atoms with Crippen LogP contribution in [0.2, 0.25) is 0 Å². The maximum atomic E-state index is 12.7. The van der Waals surface area contributed by atoms with E-state index in [0.717, 1.165) is 17.0 Å². The topological polar surface area (TPSA) is 99.7 Å². The van der Waals surface area contributed by atoms with E-state index in [0.29, 0.717) is 15.7 Å². The van der Waals surface area contributed by atoms with Crippen LogP contribution in [-0.2, 0) is 11.2 Å². The van der Waals surface area contributed by atoms with E-state index in [9.17, 15) is 4.79 Å². The van der Waals surface area contributed by atoms with Gasteiger partial charge < -0.3 is 4.74 Å². The molecule has 0 aliphatic carbocycles. The van der Waals surface area contributed by atoms with E-state index in [2.05, 4.69) is 10.2 Å². The van der Waals surface area contributed by atoms with Crippen LogP contribution in [0.25, 0.3) is 6.08 Å². The van der Waals surface area contributed by atoms with E-state index in [1.807, 2.05) is 25.1 Å². The van der Waals surface area contributed by atoms with Gasteiger partial charge in [0.15, 0.2) is 12.4 Å². The van der Waals surface area contributed by atoms with Gasteiger partial charge in [0.25, 0.3) is 0 Å². The van der Waals surface area contributed by atoms with Crippen molar-refractivity contribution in [2.45, 2.75) is 19.3 Å². The lowest BCUT2D eigenvalue weighted by atomic mass is 10.1. The van der Waals surface area contributed by atoms with Gasteiger partial charge in [-0.1, -0.05) is 30.8 Å². The largest absolute Gasteiger partial charge is 0.479 e. The average molecular weight is 370 g/mol. The van der Waals surface area contributed by atoms with Crippen LogP contribution in [0.3, 0.4) is 0 Å². The molecular weight excluding hydrogens is 356 g/mol. The zero-order valence-electron chi connectivity index (χ0n) is 13.4. The summed E-state index contributed by atoms with van der Waals surface area (Å²) in [6, 6.07) is 9.02. The molecule has 1 N–H and O–H groups in total. The molecule has 0 unspecified atom stereocenters. The third-order valence-electron chi connectivity index (χ3n) is 3.50. The number of Topliss-reactive ketones (excluding diaryl/α,β-unsaturated/α-hetero) is 1. The summed E-state index contributed by atoms with van der Waals surface area (Å²) in [6.07, 6.45) is 2.53. The number of carbonyl (C=O) groups excluding carboxylic acids is 1. The maximum Gasteiger partial charge on any atom is 0.186 e. The third kappa shape index (κ3) is 3.78. The highest BCUT2D eigenvalue weighted by atomic mass is 32.2. The molecule has 2 aromatic rings. The van der Waals surface area contributed by atoms with Gasteiger partial charge in [0, 0.05) is 0 Å². The fourth-order valence-corrected chi connectivity index (χ4v) is 4.22. The highest BCUT2D eigenvalue weighted by Crippen LogP contribution is 2.41. The first kappa shape index (κ1) is 17.3. The van der Waals surface area contributed by atoms with E-state index in [1.165, 1.54) is 23.1 Å². The molecule has 0 saturated carbocycles. The Morgan fingerprint density at radius 3 is 2.76 bits per heavy atom. The average Bonchev–Trinajstić information content (AvgIpc) is 3.19. The van der Waals surface area contributed by atoms with Gasteiger partial charge in [-0.3, -0.25) is 10.2 Å². The van der Waals surface area contributed by atoms with Gasteiger partial charge in [-0.2, -0.15) is 5.26 Å². The number of aromatic nitrogens is 2. The number of nitrogens with zero attached hydrogens (tertiary/aromatic N) is 3. The number of thioether (sulfide) groups is 1. The van der Waals surface area contributed by atoms with Crippen LogP contribution in [0.5, 0.6) is 5.75 Å². The van der Waals surface area contributed by atoms with E-state index in [1.54, 1.807) is 18.2 Å². The van der Waals surface area contributed by atoms with Crippen molar-refractivity contribution >= 4 is 40.0 Å². The lowest BCUT2D eigenvalue weighted by molar-refractivity contribution is -0.114. The predicted molar refractivity (Wildman–Crippen MR) is 97.9 cm³/mol. The van der Waals surface area contributed by atoms with Crippen LogP contribution in [0.15, 0.2) is 29.2 Å². The highest BCUT2D eigenvalue weighted by Gasteiger charge is 2.39. The first-order chi connectivity index (χ1) is 12.1. The van der Waals surface area contributed by atoms with E-state index >= 15 is 0 Å². The molecule has 1 aliphatic heterocycles. The number of nitriles is 1. The number of nitrogens with one attached hydrogen (secondary N) is 1. The number of rotatable bonds is 5. The van der Waals surface area contributed by atoms with E-state index in [-0.39, 0.29) is 17.4 Å². The van der Waals surface area contributed by atoms with Gasteiger partial charge in [0.1, 0.15) is 27.8 Å². The number of allylic oxidation sites excluding steroid dienone is 1. The van der Waals surface area contributed by atoms with Crippen molar-refractivity contribution in [2.75, 3.05) is 6.61 Å². The van der Waals surface area contributed by atoms with Crippen LogP contribution in [-0.4, -0.2) is 27.6 Å². The molecule has 0 bridgehead atoms. The summed E-state index contributed by atoms with van der Waals surface area (Å²) >= 11 is 2.55. The molecule has 1 atom stereocenters. The third-order valence-corrected chi connectivity index (χ3v) is 5.63. The number of benzene rings is 1. The van der Waals surface area contributed by atoms with Gasteiger partial charge in [0.2, 0.25) is 0 Å². The summed E-state index contributed by atoms with van der Waals surface area (Å²) in [6.45, 7) is 1.98.